The second-order valence-corrected chi connectivity index (χ2v) is 7.79. The van der Waals surface area contributed by atoms with Crippen molar-refractivity contribution in [2.75, 3.05) is 18.0 Å². The van der Waals surface area contributed by atoms with Crippen LogP contribution in [0, 0.1) is 0 Å². The van der Waals surface area contributed by atoms with Crippen molar-refractivity contribution in [3.05, 3.63) is 59.7 Å². The van der Waals surface area contributed by atoms with E-state index in [-0.39, 0.29) is 22.9 Å². The van der Waals surface area contributed by atoms with Gasteiger partial charge in [0.05, 0.1) is 11.4 Å². The van der Waals surface area contributed by atoms with Gasteiger partial charge in [-0.15, -0.1) is 0 Å². The van der Waals surface area contributed by atoms with Gasteiger partial charge in [-0.3, -0.25) is 20.4 Å². The zero-order valence-electron chi connectivity index (χ0n) is 14.5. The third-order valence-electron chi connectivity index (χ3n) is 4.30. The summed E-state index contributed by atoms with van der Waals surface area (Å²) in [5, 5.41) is 5.01. The van der Waals surface area contributed by atoms with Crippen LogP contribution >= 0.6 is 0 Å². The number of hydrogen-bond donors (Lipinski definition) is 3. The maximum Gasteiger partial charge on any atom is 0.269 e. The molecule has 8 nitrogen and oxygen atoms in total. The number of para-hydroxylation sites is 1. The Morgan fingerprint density at radius 1 is 1.04 bits per heavy atom. The molecule has 0 spiro atoms. The average molecular weight is 388 g/mol. The number of carbonyl (C=O) groups excluding carboxylic acids is 2. The molecule has 0 radical (unpaired) electrons. The Labute approximate surface area is 157 Å². The van der Waals surface area contributed by atoms with Crippen LogP contribution < -0.4 is 20.9 Å². The normalized spacial score (nSPS) is 13.6. The van der Waals surface area contributed by atoms with Crippen molar-refractivity contribution in [2.24, 2.45) is 5.14 Å². The number of rotatable bonds is 4. The number of carbonyl (C=O) groups is 2. The fourth-order valence-corrected chi connectivity index (χ4v) is 3.50. The molecular weight excluding hydrogens is 368 g/mol. The molecule has 3 rings (SSSR count). The van der Waals surface area contributed by atoms with Crippen LogP contribution in [0.3, 0.4) is 0 Å². The lowest BCUT2D eigenvalue weighted by molar-refractivity contribution is -0.120. The summed E-state index contributed by atoms with van der Waals surface area (Å²) < 4.78 is 22.4. The van der Waals surface area contributed by atoms with Crippen molar-refractivity contribution in [2.45, 2.75) is 17.7 Å². The number of sulfonamides is 1. The molecule has 0 unspecified atom stereocenters. The molecule has 0 atom stereocenters. The number of benzene rings is 2. The maximum absolute atomic E-state index is 12.2. The highest BCUT2D eigenvalue weighted by atomic mass is 32.2. The van der Waals surface area contributed by atoms with Crippen LogP contribution in [0.5, 0.6) is 0 Å². The second-order valence-electron chi connectivity index (χ2n) is 6.23. The summed E-state index contributed by atoms with van der Waals surface area (Å²) in [5.74, 6) is -0.899. The first-order valence-electron chi connectivity index (χ1n) is 8.39. The number of nitrogens with two attached hydrogens (primary N) is 1. The molecule has 9 heteroatoms. The molecule has 0 saturated carbocycles. The lowest BCUT2D eigenvalue weighted by atomic mass is 10.0. The van der Waals surface area contributed by atoms with Crippen LogP contribution in [-0.2, 0) is 21.2 Å². The Bertz CT molecular complexity index is 958. The zero-order valence-corrected chi connectivity index (χ0v) is 15.3. The van der Waals surface area contributed by atoms with Gasteiger partial charge in [-0.25, -0.2) is 13.6 Å². The van der Waals surface area contributed by atoms with Crippen LogP contribution in [0.15, 0.2) is 53.4 Å². The average Bonchev–Trinajstić information content (AvgIpc) is 2.66. The molecule has 0 aromatic heterocycles. The van der Waals surface area contributed by atoms with Gasteiger partial charge in [-0.05, 0) is 48.7 Å². The van der Waals surface area contributed by atoms with E-state index in [1.54, 1.807) is 0 Å². The number of hydrazine groups is 1. The highest BCUT2D eigenvalue weighted by molar-refractivity contribution is 7.89. The predicted molar refractivity (Wildman–Crippen MR) is 100 cm³/mol. The van der Waals surface area contributed by atoms with Crippen molar-refractivity contribution in [1.82, 2.24) is 10.9 Å². The first-order chi connectivity index (χ1) is 12.8. The zero-order chi connectivity index (χ0) is 19.4. The number of anilines is 1. The predicted octanol–water partition coefficient (Wildman–Crippen LogP) is 0.548. The number of primary sulfonamides is 1. The number of nitrogens with zero attached hydrogens (tertiary/aromatic N) is 1. The van der Waals surface area contributed by atoms with Crippen molar-refractivity contribution in [1.29, 1.82) is 0 Å². The van der Waals surface area contributed by atoms with Crippen molar-refractivity contribution in [3.8, 4) is 0 Å². The number of nitrogens with one attached hydrogen (secondary N) is 2. The molecule has 2 aromatic carbocycles. The molecule has 142 valence electrons. The van der Waals surface area contributed by atoms with E-state index in [1.165, 1.54) is 29.8 Å². The van der Waals surface area contributed by atoms with Crippen LogP contribution in [-0.4, -0.2) is 33.3 Å². The molecule has 1 aliphatic rings. The van der Waals surface area contributed by atoms with Gasteiger partial charge in [0.2, 0.25) is 10.0 Å². The summed E-state index contributed by atoms with van der Waals surface area (Å²) in [7, 11) is -3.82. The van der Waals surface area contributed by atoms with Gasteiger partial charge < -0.3 is 4.90 Å². The molecule has 0 saturated heterocycles. The molecule has 2 aromatic rings. The van der Waals surface area contributed by atoms with Gasteiger partial charge in [0, 0.05) is 17.8 Å². The minimum absolute atomic E-state index is 0.0909. The number of fused-ring (bicyclic) bond motifs is 1. The fraction of sp³-hybridized carbons (Fsp3) is 0.222. The van der Waals surface area contributed by atoms with E-state index in [1.807, 2.05) is 29.2 Å². The van der Waals surface area contributed by atoms with Crippen molar-refractivity contribution < 1.29 is 18.0 Å². The molecule has 0 bridgehead atoms. The Morgan fingerprint density at radius 2 is 1.74 bits per heavy atom. The van der Waals surface area contributed by atoms with E-state index in [0.717, 1.165) is 25.1 Å². The minimum atomic E-state index is -3.82. The molecule has 1 heterocycles. The molecule has 0 aliphatic carbocycles. The lowest BCUT2D eigenvalue weighted by Crippen LogP contribution is -2.47. The summed E-state index contributed by atoms with van der Waals surface area (Å²) in [5.41, 5.74) is 7.14. The summed E-state index contributed by atoms with van der Waals surface area (Å²) in [4.78, 5) is 26.1. The Morgan fingerprint density at radius 3 is 2.44 bits per heavy atom. The van der Waals surface area contributed by atoms with E-state index in [0.29, 0.717) is 0 Å². The first kappa shape index (κ1) is 18.9. The largest absolute Gasteiger partial charge is 0.362 e. The van der Waals surface area contributed by atoms with Crippen LogP contribution in [0.25, 0.3) is 0 Å². The van der Waals surface area contributed by atoms with Crippen molar-refractivity contribution in [3.63, 3.8) is 0 Å². The summed E-state index contributed by atoms with van der Waals surface area (Å²) in [6.07, 6.45) is 1.95. The topological polar surface area (TPSA) is 122 Å². The van der Waals surface area contributed by atoms with Crippen LogP contribution in [0.2, 0.25) is 0 Å². The van der Waals surface area contributed by atoms with E-state index < -0.39 is 15.9 Å². The molecular formula is C18H20N4O4S. The molecule has 0 fully saturated rings. The molecule has 4 N–H and O–H groups in total. The third-order valence-corrected chi connectivity index (χ3v) is 5.23. The van der Waals surface area contributed by atoms with Crippen LogP contribution in [0.4, 0.5) is 5.69 Å². The molecule has 2 amide bonds. The van der Waals surface area contributed by atoms with Gasteiger partial charge >= 0.3 is 0 Å². The second kappa shape index (κ2) is 7.77. The number of amides is 2. The summed E-state index contributed by atoms with van der Waals surface area (Å²) >= 11 is 0. The SMILES string of the molecule is NS(=O)(=O)c1ccc(C(=O)NNC(=O)CN2CCCc3ccccc32)cc1. The highest BCUT2D eigenvalue weighted by Crippen LogP contribution is 2.26. The van der Waals surface area contributed by atoms with Gasteiger partial charge in [-0.1, -0.05) is 18.2 Å². The standard InChI is InChI=1S/C18H20N4O4S/c19-27(25,26)15-9-7-14(8-10-15)18(24)21-20-17(23)12-22-11-3-5-13-4-1-2-6-16(13)22/h1-2,4,6-10H,3,5,11-12H2,(H,20,23)(H,21,24)(H2,19,25,26). The van der Waals surface area contributed by atoms with Gasteiger partial charge in [-0.2, -0.15) is 0 Å². The van der Waals surface area contributed by atoms with E-state index in [2.05, 4.69) is 10.9 Å². The Hall–Kier alpha value is -2.91. The number of hydrogen-bond acceptors (Lipinski definition) is 5. The smallest absolute Gasteiger partial charge is 0.269 e. The van der Waals surface area contributed by atoms with Crippen LogP contribution in [0.1, 0.15) is 22.3 Å². The number of aryl methyl sites for hydroxylation is 1. The quantitative estimate of drug-likeness (QED) is 0.660. The van der Waals surface area contributed by atoms with E-state index in [9.17, 15) is 18.0 Å². The Balaban J connectivity index is 1.56. The lowest BCUT2D eigenvalue weighted by Gasteiger charge is -2.30. The summed E-state index contributed by atoms with van der Waals surface area (Å²) in [6.45, 7) is 0.898. The summed E-state index contributed by atoms with van der Waals surface area (Å²) in [6, 6.07) is 13.0. The maximum atomic E-state index is 12.2. The van der Waals surface area contributed by atoms with Crippen molar-refractivity contribution >= 4 is 27.5 Å². The molecule has 1 aliphatic heterocycles. The minimum Gasteiger partial charge on any atom is -0.362 e. The first-order valence-corrected chi connectivity index (χ1v) is 9.94. The van der Waals surface area contributed by atoms with E-state index in [4.69, 9.17) is 5.14 Å². The molecule has 27 heavy (non-hydrogen) atoms. The third kappa shape index (κ3) is 4.63. The Kier molecular flexibility index (Phi) is 5.43. The van der Waals surface area contributed by atoms with Gasteiger partial charge in [0.15, 0.2) is 0 Å². The fourth-order valence-electron chi connectivity index (χ4n) is 2.98. The van der Waals surface area contributed by atoms with E-state index >= 15 is 0 Å². The monoisotopic (exact) mass is 388 g/mol. The van der Waals surface area contributed by atoms with Gasteiger partial charge in [0.1, 0.15) is 0 Å². The highest BCUT2D eigenvalue weighted by Gasteiger charge is 2.19. The van der Waals surface area contributed by atoms with Gasteiger partial charge in [0.25, 0.3) is 11.8 Å².